The Morgan fingerprint density at radius 1 is 1.39 bits per heavy atom. The quantitative estimate of drug-likeness (QED) is 0.574. The average Bonchev–Trinajstić information content (AvgIpc) is 3.16. The number of nitrogens with zero attached hydrogens (tertiary/aromatic N) is 3. The molecule has 28 heavy (non-hydrogen) atoms. The van der Waals surface area contributed by atoms with Crippen molar-refractivity contribution in [2.45, 2.75) is 32.9 Å². The molecule has 1 aromatic heterocycles. The number of pyridine rings is 1. The number of guanidine groups is 1. The van der Waals surface area contributed by atoms with Gasteiger partial charge in [0.05, 0.1) is 11.6 Å². The SMILES string of the molecule is CCOc1ccc(CNC(=NC)NC2CCN(c3ncccc3Cl)C2)cc1C. The first kappa shape index (κ1) is 20.3. The van der Waals surface area contributed by atoms with Crippen LogP contribution in [-0.2, 0) is 6.54 Å². The predicted molar refractivity (Wildman–Crippen MR) is 116 cm³/mol. The molecular weight excluding hydrogens is 374 g/mol. The predicted octanol–water partition coefficient (Wildman–Crippen LogP) is 3.39. The maximum atomic E-state index is 6.28. The Labute approximate surface area is 172 Å². The zero-order valence-electron chi connectivity index (χ0n) is 16.7. The number of halogens is 1. The van der Waals surface area contributed by atoms with Gasteiger partial charge in [0, 0.05) is 38.9 Å². The number of anilines is 1. The number of hydrogen-bond donors (Lipinski definition) is 2. The molecule has 7 heteroatoms. The van der Waals surface area contributed by atoms with Gasteiger partial charge in [0.2, 0.25) is 0 Å². The van der Waals surface area contributed by atoms with Crippen LogP contribution in [-0.4, -0.2) is 43.7 Å². The van der Waals surface area contributed by atoms with Crippen molar-refractivity contribution in [2.75, 3.05) is 31.6 Å². The molecule has 3 rings (SSSR count). The van der Waals surface area contributed by atoms with E-state index < -0.39 is 0 Å². The van der Waals surface area contributed by atoms with Crippen molar-refractivity contribution < 1.29 is 4.74 Å². The van der Waals surface area contributed by atoms with Crippen molar-refractivity contribution in [3.63, 3.8) is 0 Å². The van der Waals surface area contributed by atoms with Gasteiger partial charge in [-0.1, -0.05) is 23.7 Å². The molecule has 150 valence electrons. The molecule has 2 heterocycles. The van der Waals surface area contributed by atoms with Crippen molar-refractivity contribution in [2.24, 2.45) is 4.99 Å². The van der Waals surface area contributed by atoms with Gasteiger partial charge in [0.1, 0.15) is 11.6 Å². The number of benzene rings is 1. The van der Waals surface area contributed by atoms with Crippen LogP contribution < -0.4 is 20.3 Å². The van der Waals surface area contributed by atoms with E-state index in [0.717, 1.165) is 42.6 Å². The minimum atomic E-state index is 0.298. The molecule has 2 aromatic rings. The number of hydrogen-bond acceptors (Lipinski definition) is 4. The van der Waals surface area contributed by atoms with Crippen molar-refractivity contribution in [1.29, 1.82) is 0 Å². The Kier molecular flexibility index (Phi) is 6.98. The van der Waals surface area contributed by atoms with Crippen LogP contribution in [0.15, 0.2) is 41.5 Å². The number of rotatable bonds is 6. The fourth-order valence-electron chi connectivity index (χ4n) is 3.39. The van der Waals surface area contributed by atoms with Crippen molar-refractivity contribution in [3.05, 3.63) is 52.7 Å². The Hall–Kier alpha value is -2.47. The smallest absolute Gasteiger partial charge is 0.191 e. The zero-order chi connectivity index (χ0) is 19.9. The van der Waals surface area contributed by atoms with E-state index >= 15 is 0 Å². The van der Waals surface area contributed by atoms with E-state index in [4.69, 9.17) is 16.3 Å². The normalized spacial score (nSPS) is 16.9. The van der Waals surface area contributed by atoms with Crippen LogP contribution in [0, 0.1) is 6.92 Å². The average molecular weight is 402 g/mol. The van der Waals surface area contributed by atoms with Gasteiger partial charge in [-0.15, -0.1) is 0 Å². The molecule has 1 aromatic carbocycles. The van der Waals surface area contributed by atoms with E-state index in [9.17, 15) is 0 Å². The first-order chi connectivity index (χ1) is 13.6. The van der Waals surface area contributed by atoms with Crippen molar-refractivity contribution in [3.8, 4) is 5.75 Å². The lowest BCUT2D eigenvalue weighted by Crippen LogP contribution is -2.44. The molecule has 1 aliphatic rings. The lowest BCUT2D eigenvalue weighted by Gasteiger charge is -2.20. The maximum absolute atomic E-state index is 6.28. The summed E-state index contributed by atoms with van der Waals surface area (Å²) >= 11 is 6.28. The van der Waals surface area contributed by atoms with Crippen LogP contribution in [0.5, 0.6) is 5.75 Å². The molecule has 0 saturated carbocycles. The summed E-state index contributed by atoms with van der Waals surface area (Å²) in [7, 11) is 1.79. The molecule has 0 amide bonds. The number of aryl methyl sites for hydroxylation is 1. The van der Waals surface area contributed by atoms with E-state index in [1.54, 1.807) is 13.2 Å². The standard InChI is InChI=1S/C21H28ClN5O/c1-4-28-19-8-7-16(12-15(19)2)13-25-21(23-3)26-17-9-11-27(14-17)20-18(22)6-5-10-24-20/h5-8,10,12,17H,4,9,11,13-14H2,1-3H3,(H2,23,25,26). The molecule has 6 nitrogen and oxygen atoms in total. The second-order valence-electron chi connectivity index (χ2n) is 6.84. The third-order valence-corrected chi connectivity index (χ3v) is 5.09. The van der Waals surface area contributed by atoms with Gasteiger partial charge in [0.15, 0.2) is 5.96 Å². The molecule has 1 unspecified atom stereocenters. The summed E-state index contributed by atoms with van der Waals surface area (Å²) in [4.78, 5) is 11.0. The van der Waals surface area contributed by atoms with E-state index in [1.807, 2.05) is 25.1 Å². The molecule has 1 aliphatic heterocycles. The number of nitrogens with one attached hydrogen (secondary N) is 2. The van der Waals surface area contributed by atoms with Crippen LogP contribution in [0.2, 0.25) is 5.02 Å². The highest BCUT2D eigenvalue weighted by molar-refractivity contribution is 6.32. The fourth-order valence-corrected chi connectivity index (χ4v) is 3.63. The second-order valence-corrected chi connectivity index (χ2v) is 7.25. The number of aliphatic imine (C=N–C) groups is 1. The van der Waals surface area contributed by atoms with Gasteiger partial charge >= 0.3 is 0 Å². The third-order valence-electron chi connectivity index (χ3n) is 4.79. The van der Waals surface area contributed by atoms with Gasteiger partial charge in [-0.25, -0.2) is 4.98 Å². The van der Waals surface area contributed by atoms with Crippen molar-refractivity contribution in [1.82, 2.24) is 15.6 Å². The molecule has 0 spiro atoms. The summed E-state index contributed by atoms with van der Waals surface area (Å²) in [6.45, 7) is 7.21. The first-order valence-corrected chi connectivity index (χ1v) is 10.0. The lowest BCUT2D eigenvalue weighted by atomic mass is 10.1. The molecule has 0 radical (unpaired) electrons. The summed E-state index contributed by atoms with van der Waals surface area (Å²) < 4.78 is 5.61. The van der Waals surface area contributed by atoms with Crippen LogP contribution in [0.3, 0.4) is 0 Å². The molecule has 2 N–H and O–H groups in total. The van der Waals surface area contributed by atoms with Gasteiger partial charge in [-0.2, -0.15) is 0 Å². The number of ether oxygens (including phenoxy) is 1. The summed E-state index contributed by atoms with van der Waals surface area (Å²) in [5, 5.41) is 7.59. The Morgan fingerprint density at radius 2 is 2.25 bits per heavy atom. The molecule has 0 aliphatic carbocycles. The third kappa shape index (κ3) is 5.07. The summed E-state index contributed by atoms with van der Waals surface area (Å²) in [5.41, 5.74) is 2.33. The molecule has 1 fully saturated rings. The summed E-state index contributed by atoms with van der Waals surface area (Å²) in [6, 6.07) is 10.3. The Morgan fingerprint density at radius 3 is 2.96 bits per heavy atom. The van der Waals surface area contributed by atoms with E-state index in [0.29, 0.717) is 24.2 Å². The van der Waals surface area contributed by atoms with Crippen molar-refractivity contribution >= 4 is 23.4 Å². The summed E-state index contributed by atoms with van der Waals surface area (Å²) in [6.07, 6.45) is 2.79. The topological polar surface area (TPSA) is 61.8 Å². The monoisotopic (exact) mass is 401 g/mol. The lowest BCUT2D eigenvalue weighted by molar-refractivity contribution is 0.338. The van der Waals surface area contributed by atoms with Crippen LogP contribution in [0.25, 0.3) is 0 Å². The largest absolute Gasteiger partial charge is 0.494 e. The molecule has 1 saturated heterocycles. The van der Waals surface area contributed by atoms with Crippen LogP contribution >= 0.6 is 11.6 Å². The minimum absolute atomic E-state index is 0.298. The Balaban J connectivity index is 1.53. The molecule has 1 atom stereocenters. The minimum Gasteiger partial charge on any atom is -0.494 e. The molecular formula is C21H28ClN5O. The second kappa shape index (κ2) is 9.64. The highest BCUT2D eigenvalue weighted by Crippen LogP contribution is 2.25. The fraction of sp³-hybridized carbons (Fsp3) is 0.429. The highest BCUT2D eigenvalue weighted by Gasteiger charge is 2.25. The van der Waals surface area contributed by atoms with Crippen LogP contribution in [0.4, 0.5) is 5.82 Å². The van der Waals surface area contributed by atoms with E-state index in [-0.39, 0.29) is 0 Å². The van der Waals surface area contributed by atoms with E-state index in [1.165, 1.54) is 5.56 Å². The van der Waals surface area contributed by atoms with E-state index in [2.05, 4.69) is 44.6 Å². The molecule has 0 bridgehead atoms. The first-order valence-electron chi connectivity index (χ1n) is 9.65. The van der Waals surface area contributed by atoms with Gasteiger partial charge < -0.3 is 20.3 Å². The Bertz CT molecular complexity index is 826. The van der Waals surface area contributed by atoms with Crippen LogP contribution in [0.1, 0.15) is 24.5 Å². The summed E-state index contributed by atoms with van der Waals surface area (Å²) in [5.74, 6) is 2.58. The maximum Gasteiger partial charge on any atom is 0.191 e. The highest BCUT2D eigenvalue weighted by atomic mass is 35.5. The van der Waals surface area contributed by atoms with Gasteiger partial charge in [-0.3, -0.25) is 4.99 Å². The zero-order valence-corrected chi connectivity index (χ0v) is 17.5. The van der Waals surface area contributed by atoms with Gasteiger partial charge in [0.25, 0.3) is 0 Å². The van der Waals surface area contributed by atoms with Gasteiger partial charge in [-0.05, 0) is 49.6 Å². The number of aromatic nitrogens is 1.